The molecule has 6 N–H and O–H groups in total. The molecule has 4 rings (SSSR count). The van der Waals surface area contributed by atoms with Crippen molar-refractivity contribution in [3.8, 4) is 22.6 Å². The number of carbonyl (C=O) groups is 1. The largest absolute Gasteiger partial charge is 0.492 e. The molecule has 11 nitrogen and oxygen atoms in total. The molecule has 12 heteroatoms. The van der Waals surface area contributed by atoms with Gasteiger partial charge in [0.1, 0.15) is 24.4 Å². The van der Waals surface area contributed by atoms with Crippen molar-refractivity contribution < 1.29 is 39.4 Å². The van der Waals surface area contributed by atoms with E-state index >= 15 is 0 Å². The van der Waals surface area contributed by atoms with Crippen LogP contribution in [-0.4, -0.2) is 84.1 Å². The lowest BCUT2D eigenvalue weighted by molar-refractivity contribution is -0.221. The standard InChI is InChI=1S/C27H34N2O9S/c1-12(31)28-16-7-5-13-9-17(29-27-24(35)23(34)22(33)19(11-30)38-27)25(36-2)26(37-3)21(13)14-6-8-20(39-4)18(32)10-15(14)16/h6,8-10,16,19,22-24,27,29-30,33-35H,5,7,11H2,1-4H3,(H,28,31)/t16-,19+,22+,23-,24-,27?/m0/s1. The topological polar surface area (TPSA) is 167 Å². The molecule has 0 spiro atoms. The van der Waals surface area contributed by atoms with E-state index < -0.39 is 43.3 Å². The molecule has 0 saturated carbocycles. The second kappa shape index (κ2) is 12.1. The summed E-state index contributed by atoms with van der Waals surface area (Å²) in [7, 11) is 2.94. The van der Waals surface area contributed by atoms with Crippen LogP contribution in [0, 0.1) is 0 Å². The van der Waals surface area contributed by atoms with Gasteiger partial charge in [-0.2, -0.15) is 0 Å². The molecule has 0 bridgehead atoms. The highest BCUT2D eigenvalue weighted by Gasteiger charge is 2.44. The molecule has 0 radical (unpaired) electrons. The van der Waals surface area contributed by atoms with E-state index in [4.69, 9.17) is 14.2 Å². The summed E-state index contributed by atoms with van der Waals surface area (Å²) in [5, 5.41) is 46.6. The van der Waals surface area contributed by atoms with E-state index in [1.54, 1.807) is 18.2 Å². The highest BCUT2D eigenvalue weighted by atomic mass is 32.2. The van der Waals surface area contributed by atoms with Crippen molar-refractivity contribution in [3.63, 3.8) is 0 Å². The van der Waals surface area contributed by atoms with Crippen LogP contribution in [-0.2, 0) is 16.0 Å². The lowest BCUT2D eigenvalue weighted by atomic mass is 9.94. The Bertz CT molecular complexity index is 1290. The van der Waals surface area contributed by atoms with Crippen molar-refractivity contribution in [2.24, 2.45) is 0 Å². The van der Waals surface area contributed by atoms with Gasteiger partial charge in [-0.25, -0.2) is 0 Å². The number of fused-ring (bicyclic) bond motifs is 3. The first kappa shape index (κ1) is 29.1. The van der Waals surface area contributed by atoms with Gasteiger partial charge in [-0.3, -0.25) is 9.59 Å². The minimum absolute atomic E-state index is 0.158. The number of benzene rings is 1. The number of aryl methyl sites for hydroxylation is 1. The third-order valence-corrected chi connectivity index (χ3v) is 7.88. The van der Waals surface area contributed by atoms with Crippen molar-refractivity contribution in [1.29, 1.82) is 0 Å². The lowest BCUT2D eigenvalue weighted by Gasteiger charge is -2.40. The minimum Gasteiger partial charge on any atom is -0.492 e. The Morgan fingerprint density at radius 2 is 1.82 bits per heavy atom. The molecule has 1 heterocycles. The maximum Gasteiger partial charge on any atom is 0.217 e. The molecule has 1 saturated heterocycles. The molecule has 1 aliphatic heterocycles. The fourth-order valence-corrected chi connectivity index (χ4v) is 5.69. The normalized spacial score (nSPS) is 26.1. The molecule has 0 aromatic heterocycles. The van der Waals surface area contributed by atoms with Crippen molar-refractivity contribution in [2.45, 2.75) is 61.3 Å². The molecular weight excluding hydrogens is 528 g/mol. The summed E-state index contributed by atoms with van der Waals surface area (Å²) in [6.07, 6.45) is -4.04. The number of hydrogen-bond donors (Lipinski definition) is 6. The third kappa shape index (κ3) is 5.58. The van der Waals surface area contributed by atoms with Crippen LogP contribution in [0.25, 0.3) is 11.1 Å². The van der Waals surface area contributed by atoms with Crippen LogP contribution in [0.1, 0.15) is 30.5 Å². The molecular formula is C27H34N2O9S. The Labute approximate surface area is 230 Å². The summed E-state index contributed by atoms with van der Waals surface area (Å²) in [4.78, 5) is 25.6. The Morgan fingerprint density at radius 3 is 2.44 bits per heavy atom. The van der Waals surface area contributed by atoms with E-state index in [0.717, 1.165) is 5.56 Å². The van der Waals surface area contributed by atoms with E-state index in [9.17, 15) is 30.0 Å². The Hall–Kier alpha value is -2.87. The van der Waals surface area contributed by atoms with Gasteiger partial charge < -0.3 is 45.3 Å². The van der Waals surface area contributed by atoms with E-state index in [-0.39, 0.29) is 17.1 Å². The number of methoxy groups -OCH3 is 2. The van der Waals surface area contributed by atoms with Gasteiger partial charge in [0.2, 0.25) is 5.91 Å². The van der Waals surface area contributed by atoms with Crippen LogP contribution in [0.3, 0.4) is 0 Å². The van der Waals surface area contributed by atoms with Crippen LogP contribution >= 0.6 is 11.8 Å². The average molecular weight is 563 g/mol. The van der Waals surface area contributed by atoms with Crippen molar-refractivity contribution in [1.82, 2.24) is 5.32 Å². The molecule has 2 aromatic rings. The van der Waals surface area contributed by atoms with Crippen molar-refractivity contribution in [2.75, 3.05) is 32.4 Å². The molecule has 1 aliphatic carbocycles. The zero-order valence-corrected chi connectivity index (χ0v) is 22.9. The van der Waals surface area contributed by atoms with Gasteiger partial charge in [0.25, 0.3) is 0 Å². The molecule has 2 aromatic carbocycles. The zero-order chi connectivity index (χ0) is 28.4. The van der Waals surface area contributed by atoms with Gasteiger partial charge in [-0.15, -0.1) is 11.8 Å². The summed E-state index contributed by atoms with van der Waals surface area (Å²) in [6.45, 7) is 0.865. The predicted octanol–water partition coefficient (Wildman–Crippen LogP) is 0.788. The SMILES string of the molecule is COc1c(NC2O[C@H](CO)[C@@H](O)[C@H](O)[C@@H]2O)cc2c(c1OC)-c1ccc(SC)c(=O)cc1[C@@H](NC(C)=O)CC2. The summed E-state index contributed by atoms with van der Waals surface area (Å²) in [5.41, 5.74) is 3.09. The van der Waals surface area contributed by atoms with Crippen LogP contribution in [0.5, 0.6) is 11.5 Å². The van der Waals surface area contributed by atoms with Gasteiger partial charge in [-0.1, -0.05) is 6.07 Å². The maximum atomic E-state index is 13.0. The smallest absolute Gasteiger partial charge is 0.217 e. The third-order valence-electron chi connectivity index (χ3n) is 7.10. The Balaban J connectivity index is 1.89. The number of carbonyl (C=O) groups excluding carboxylic acids is 1. The first-order chi connectivity index (χ1) is 18.6. The first-order valence-corrected chi connectivity index (χ1v) is 13.7. The van der Waals surface area contributed by atoms with E-state index in [1.807, 2.05) is 12.3 Å². The lowest BCUT2D eigenvalue weighted by Crippen LogP contribution is -2.60. The average Bonchev–Trinajstić information content (AvgIpc) is 3.16. The summed E-state index contributed by atoms with van der Waals surface area (Å²) in [5.74, 6) is 0.405. The minimum atomic E-state index is -1.56. The fraction of sp³-hybridized carbons (Fsp3) is 0.481. The number of rotatable bonds is 7. The number of nitrogens with one attached hydrogen (secondary N) is 2. The quantitative estimate of drug-likeness (QED) is 0.264. The highest BCUT2D eigenvalue weighted by Crippen LogP contribution is 2.50. The maximum absolute atomic E-state index is 13.0. The Morgan fingerprint density at radius 1 is 1.10 bits per heavy atom. The number of aliphatic hydroxyl groups excluding tert-OH is 4. The molecule has 6 atom stereocenters. The van der Waals surface area contributed by atoms with E-state index in [2.05, 4.69) is 10.6 Å². The molecule has 2 aliphatic rings. The number of amides is 1. The van der Waals surface area contributed by atoms with E-state index in [1.165, 1.54) is 32.9 Å². The predicted molar refractivity (Wildman–Crippen MR) is 145 cm³/mol. The summed E-state index contributed by atoms with van der Waals surface area (Å²) in [6, 6.07) is 6.52. The molecule has 1 amide bonds. The zero-order valence-electron chi connectivity index (χ0n) is 22.1. The molecule has 1 fully saturated rings. The van der Waals surface area contributed by atoms with Gasteiger partial charge in [0.05, 0.1) is 37.5 Å². The Kier molecular flexibility index (Phi) is 9.04. The van der Waals surface area contributed by atoms with E-state index in [0.29, 0.717) is 45.9 Å². The fourth-order valence-electron chi connectivity index (χ4n) is 5.23. The van der Waals surface area contributed by atoms with Crippen LogP contribution in [0.4, 0.5) is 5.69 Å². The summed E-state index contributed by atoms with van der Waals surface area (Å²) >= 11 is 1.33. The van der Waals surface area contributed by atoms with Gasteiger partial charge >= 0.3 is 0 Å². The molecule has 212 valence electrons. The van der Waals surface area contributed by atoms with Crippen LogP contribution < -0.4 is 25.5 Å². The van der Waals surface area contributed by atoms with Crippen LogP contribution in [0.2, 0.25) is 0 Å². The monoisotopic (exact) mass is 562 g/mol. The number of thioether (sulfide) groups is 1. The van der Waals surface area contributed by atoms with Gasteiger partial charge in [0, 0.05) is 12.5 Å². The number of aliphatic hydroxyl groups is 4. The molecule has 39 heavy (non-hydrogen) atoms. The second-order valence-electron chi connectivity index (χ2n) is 9.49. The highest BCUT2D eigenvalue weighted by molar-refractivity contribution is 7.98. The summed E-state index contributed by atoms with van der Waals surface area (Å²) < 4.78 is 17.2. The number of anilines is 1. The van der Waals surface area contributed by atoms with Crippen molar-refractivity contribution >= 4 is 23.4 Å². The van der Waals surface area contributed by atoms with Gasteiger partial charge in [0.15, 0.2) is 23.2 Å². The number of hydrogen-bond acceptors (Lipinski definition) is 11. The van der Waals surface area contributed by atoms with Crippen LogP contribution in [0.15, 0.2) is 34.0 Å². The first-order valence-electron chi connectivity index (χ1n) is 12.5. The number of ether oxygens (including phenoxy) is 3. The molecule has 1 unspecified atom stereocenters. The van der Waals surface area contributed by atoms with Gasteiger partial charge in [-0.05, 0) is 54.0 Å². The van der Waals surface area contributed by atoms with Crippen molar-refractivity contribution in [3.05, 3.63) is 45.6 Å². The second-order valence-corrected chi connectivity index (χ2v) is 10.3.